The Bertz CT molecular complexity index is 912. The van der Waals surface area contributed by atoms with Gasteiger partial charge < -0.3 is 4.57 Å². The van der Waals surface area contributed by atoms with Crippen LogP contribution in [0.3, 0.4) is 0 Å². The molecule has 0 amide bonds. The summed E-state index contributed by atoms with van der Waals surface area (Å²) in [6, 6.07) is 12.0. The lowest BCUT2D eigenvalue weighted by atomic mass is 10.2. The predicted molar refractivity (Wildman–Crippen MR) is 85.1 cm³/mol. The van der Waals surface area contributed by atoms with Gasteiger partial charge >= 0.3 is 0 Å². The number of nitrogens with zero attached hydrogens (tertiary/aromatic N) is 7. The molecule has 4 rings (SSSR count). The topological polar surface area (TPSA) is 65.3 Å². The molecule has 0 saturated heterocycles. The van der Waals surface area contributed by atoms with Crippen molar-refractivity contribution in [3.63, 3.8) is 0 Å². The summed E-state index contributed by atoms with van der Waals surface area (Å²) in [5.41, 5.74) is 2.07. The summed E-state index contributed by atoms with van der Waals surface area (Å²) in [6.07, 6.45) is 12.3. The Morgan fingerprint density at radius 3 is 2.71 bits per heavy atom. The average Bonchev–Trinajstić information content (AvgIpc) is 3.27. The van der Waals surface area contributed by atoms with E-state index >= 15 is 0 Å². The molecule has 0 N–H and O–H groups in total. The van der Waals surface area contributed by atoms with Crippen molar-refractivity contribution in [2.45, 2.75) is 13.1 Å². The van der Waals surface area contributed by atoms with E-state index in [2.05, 4.69) is 38.7 Å². The van der Waals surface area contributed by atoms with Gasteiger partial charge in [0.15, 0.2) is 0 Å². The van der Waals surface area contributed by atoms with Crippen molar-refractivity contribution in [1.29, 1.82) is 0 Å². The highest BCUT2D eigenvalue weighted by Gasteiger charge is 2.06. The van der Waals surface area contributed by atoms with E-state index in [1.54, 1.807) is 23.0 Å². The highest BCUT2D eigenvalue weighted by atomic mass is 15.4. The van der Waals surface area contributed by atoms with Gasteiger partial charge in [0.05, 0.1) is 12.7 Å². The Morgan fingerprint density at radius 1 is 1.04 bits per heavy atom. The highest BCUT2D eigenvalue weighted by molar-refractivity contribution is 5.14. The molecular weight excluding hydrogens is 302 g/mol. The van der Waals surface area contributed by atoms with Crippen LogP contribution in [0.5, 0.6) is 0 Å². The zero-order valence-corrected chi connectivity index (χ0v) is 12.9. The fourth-order valence-electron chi connectivity index (χ4n) is 2.40. The lowest BCUT2D eigenvalue weighted by Crippen LogP contribution is -2.32. The zero-order valence-electron chi connectivity index (χ0n) is 12.9. The van der Waals surface area contributed by atoms with Crippen LogP contribution in [-0.4, -0.2) is 29.5 Å². The van der Waals surface area contributed by atoms with E-state index in [0.29, 0.717) is 19.0 Å². The van der Waals surface area contributed by atoms with Gasteiger partial charge in [-0.1, -0.05) is 35.5 Å². The van der Waals surface area contributed by atoms with Crippen molar-refractivity contribution in [3.05, 3.63) is 85.0 Å². The van der Waals surface area contributed by atoms with Crippen LogP contribution in [0.4, 0.5) is 0 Å². The average molecular weight is 317 g/mol. The van der Waals surface area contributed by atoms with Gasteiger partial charge in [-0.2, -0.15) is 0 Å². The third kappa shape index (κ3) is 3.19. The first-order valence-electron chi connectivity index (χ1n) is 7.57. The van der Waals surface area contributed by atoms with Crippen molar-refractivity contribution in [2.24, 2.45) is 0 Å². The lowest BCUT2D eigenvalue weighted by molar-refractivity contribution is -0.692. The van der Waals surface area contributed by atoms with Crippen LogP contribution in [0.25, 0.3) is 5.95 Å². The maximum Gasteiger partial charge on any atom is 0.246 e. The Hall–Kier alpha value is -3.35. The molecule has 7 heteroatoms. The molecule has 1 aromatic carbocycles. The zero-order chi connectivity index (χ0) is 16.2. The van der Waals surface area contributed by atoms with Crippen molar-refractivity contribution in [1.82, 2.24) is 29.5 Å². The van der Waals surface area contributed by atoms with Crippen LogP contribution in [0.15, 0.2) is 67.4 Å². The summed E-state index contributed by atoms with van der Waals surface area (Å²) in [7, 11) is 0. The fraction of sp³-hybridized carbons (Fsp3) is 0.118. The van der Waals surface area contributed by atoms with Crippen molar-refractivity contribution in [3.8, 4) is 5.95 Å². The molecule has 24 heavy (non-hydrogen) atoms. The minimum absolute atomic E-state index is 0.587. The normalized spacial score (nSPS) is 10.8. The van der Waals surface area contributed by atoms with E-state index in [9.17, 15) is 0 Å². The molecule has 118 valence electrons. The van der Waals surface area contributed by atoms with Gasteiger partial charge in [0, 0.05) is 24.8 Å². The first-order valence-corrected chi connectivity index (χ1v) is 7.57. The minimum atomic E-state index is 0.587. The van der Waals surface area contributed by atoms with Gasteiger partial charge in [0.25, 0.3) is 0 Å². The van der Waals surface area contributed by atoms with Crippen LogP contribution in [0, 0.1) is 6.33 Å². The third-order valence-electron chi connectivity index (χ3n) is 3.51. The molecule has 4 aromatic rings. The van der Waals surface area contributed by atoms with Gasteiger partial charge in [-0.05, 0) is 11.6 Å². The van der Waals surface area contributed by atoms with Crippen LogP contribution in [0.2, 0.25) is 0 Å². The molecule has 7 nitrogen and oxygen atoms in total. The summed E-state index contributed by atoms with van der Waals surface area (Å²) in [6.45, 7) is 1.30. The molecule has 3 aromatic heterocycles. The largest absolute Gasteiger partial charge is 0.314 e. The Labute approximate surface area is 138 Å². The smallest absolute Gasteiger partial charge is 0.246 e. The predicted octanol–water partition coefficient (Wildman–Crippen LogP) is 1.04. The fourth-order valence-corrected chi connectivity index (χ4v) is 2.40. The third-order valence-corrected chi connectivity index (χ3v) is 3.51. The van der Waals surface area contributed by atoms with E-state index in [-0.39, 0.29) is 0 Å². The van der Waals surface area contributed by atoms with Gasteiger partial charge in [0.1, 0.15) is 12.2 Å². The van der Waals surface area contributed by atoms with Crippen molar-refractivity contribution in [2.75, 3.05) is 0 Å². The quantitative estimate of drug-likeness (QED) is 0.407. The molecule has 0 aliphatic carbocycles. The second-order valence-electron chi connectivity index (χ2n) is 5.34. The van der Waals surface area contributed by atoms with Gasteiger partial charge in [-0.25, -0.2) is 14.6 Å². The molecule has 0 aliphatic heterocycles. The van der Waals surface area contributed by atoms with Crippen molar-refractivity contribution >= 4 is 0 Å². The molecular formula is C17H15N7. The van der Waals surface area contributed by atoms with Gasteiger partial charge in [0.2, 0.25) is 12.3 Å². The van der Waals surface area contributed by atoms with Crippen LogP contribution < -0.4 is 4.57 Å². The van der Waals surface area contributed by atoms with Gasteiger partial charge in [-0.3, -0.25) is 4.57 Å². The number of imidazole rings is 1. The van der Waals surface area contributed by atoms with E-state index in [0.717, 1.165) is 5.69 Å². The molecule has 0 bridgehead atoms. The summed E-state index contributed by atoms with van der Waals surface area (Å²) in [5.74, 6) is 0.587. The summed E-state index contributed by atoms with van der Waals surface area (Å²) in [4.78, 5) is 8.39. The molecule has 0 fully saturated rings. The summed E-state index contributed by atoms with van der Waals surface area (Å²) in [5, 5.41) is 8.40. The first-order chi connectivity index (χ1) is 11.9. The molecule has 0 unspecified atom stereocenters. The van der Waals surface area contributed by atoms with E-state index in [4.69, 9.17) is 0 Å². The van der Waals surface area contributed by atoms with E-state index in [1.165, 1.54) is 5.56 Å². The van der Waals surface area contributed by atoms with Crippen LogP contribution in [0.1, 0.15) is 11.3 Å². The number of benzene rings is 1. The number of rotatable bonds is 5. The summed E-state index contributed by atoms with van der Waals surface area (Å²) >= 11 is 0. The Morgan fingerprint density at radius 2 is 1.88 bits per heavy atom. The van der Waals surface area contributed by atoms with E-state index < -0.39 is 0 Å². The first kappa shape index (κ1) is 14.3. The maximum atomic E-state index is 4.22. The summed E-state index contributed by atoms with van der Waals surface area (Å²) < 4.78 is 5.48. The number of hydrogen-bond acceptors (Lipinski definition) is 4. The molecule has 3 heterocycles. The van der Waals surface area contributed by atoms with Crippen molar-refractivity contribution < 1.29 is 4.57 Å². The second-order valence-corrected chi connectivity index (χ2v) is 5.34. The monoisotopic (exact) mass is 317 g/mol. The maximum absolute atomic E-state index is 4.22. The molecule has 0 spiro atoms. The molecule has 0 radical (unpaired) electrons. The highest BCUT2D eigenvalue weighted by Crippen LogP contribution is 2.02. The SMILES string of the molecule is [c-]1n(-c2ncccn2)cc[n+]1Cc1cn(Cc2ccccc2)nn1. The standard InChI is InChI=1S/C17H15N7/c1-2-5-15(6-3-1)11-24-13-16(20-21-24)12-22-9-10-23(14-22)17-18-7-4-8-19-17/h1-10,13H,11-12H2. The van der Waals surface area contributed by atoms with Crippen LogP contribution >= 0.6 is 0 Å². The van der Waals surface area contributed by atoms with Crippen LogP contribution in [-0.2, 0) is 13.1 Å². The number of aromatic nitrogens is 7. The molecule has 0 atom stereocenters. The molecule has 0 saturated carbocycles. The Balaban J connectivity index is 1.46. The minimum Gasteiger partial charge on any atom is -0.314 e. The lowest BCUT2D eigenvalue weighted by Gasteiger charge is -1.99. The number of hydrogen-bond donors (Lipinski definition) is 0. The van der Waals surface area contributed by atoms with Gasteiger partial charge in [-0.15, -0.1) is 5.10 Å². The second kappa shape index (κ2) is 6.41. The Kier molecular flexibility index (Phi) is 3.81. The molecule has 0 aliphatic rings. The van der Waals surface area contributed by atoms with E-state index in [1.807, 2.05) is 46.0 Å².